The fourth-order valence-corrected chi connectivity index (χ4v) is 2.38. The highest BCUT2D eigenvalue weighted by Gasteiger charge is 2.15. The van der Waals surface area contributed by atoms with Gasteiger partial charge in [0.2, 0.25) is 0 Å². The Morgan fingerprint density at radius 2 is 2.06 bits per heavy atom. The number of nitrogens with zero attached hydrogens (tertiary/aromatic N) is 1. The molecule has 1 rings (SSSR count). The SMILES string of the molecule is Cc1ccc(C(=O)N(C)CCC(N)C(C)C)s1.Cl. The second kappa shape index (κ2) is 7.77. The van der Waals surface area contributed by atoms with Crippen LogP contribution in [0.15, 0.2) is 12.1 Å². The summed E-state index contributed by atoms with van der Waals surface area (Å²) in [5, 5.41) is 0. The molecule has 0 aliphatic rings. The van der Waals surface area contributed by atoms with E-state index in [-0.39, 0.29) is 24.4 Å². The Balaban J connectivity index is 0.00000289. The molecule has 1 amide bonds. The molecule has 0 spiro atoms. The molecule has 5 heteroatoms. The molecule has 0 saturated heterocycles. The lowest BCUT2D eigenvalue weighted by Crippen LogP contribution is -2.34. The summed E-state index contributed by atoms with van der Waals surface area (Å²) in [7, 11) is 1.84. The summed E-state index contributed by atoms with van der Waals surface area (Å²) in [5.74, 6) is 0.557. The van der Waals surface area contributed by atoms with Crippen LogP contribution in [0.4, 0.5) is 0 Å². The van der Waals surface area contributed by atoms with Crippen LogP contribution in [0.1, 0.15) is 34.8 Å². The van der Waals surface area contributed by atoms with Gasteiger partial charge in [-0.3, -0.25) is 4.79 Å². The van der Waals surface area contributed by atoms with Gasteiger partial charge in [-0.2, -0.15) is 0 Å². The Kier molecular flexibility index (Phi) is 7.52. The van der Waals surface area contributed by atoms with Crippen LogP contribution >= 0.6 is 23.7 Å². The average Bonchev–Trinajstić information content (AvgIpc) is 2.70. The number of rotatable bonds is 5. The van der Waals surface area contributed by atoms with Gasteiger partial charge in [0.1, 0.15) is 0 Å². The van der Waals surface area contributed by atoms with Crippen molar-refractivity contribution in [2.75, 3.05) is 13.6 Å². The van der Waals surface area contributed by atoms with Crippen molar-refractivity contribution in [3.05, 3.63) is 21.9 Å². The third-order valence-corrected chi connectivity index (χ3v) is 3.94. The zero-order chi connectivity index (χ0) is 13.0. The summed E-state index contributed by atoms with van der Waals surface area (Å²) in [6.07, 6.45) is 0.851. The highest BCUT2D eigenvalue weighted by atomic mass is 35.5. The number of halogens is 1. The van der Waals surface area contributed by atoms with Gasteiger partial charge in [0.05, 0.1) is 4.88 Å². The van der Waals surface area contributed by atoms with Crippen LogP contribution in [0.2, 0.25) is 0 Å². The molecule has 104 valence electrons. The van der Waals surface area contributed by atoms with E-state index in [1.54, 1.807) is 16.2 Å². The first-order chi connectivity index (χ1) is 7.91. The van der Waals surface area contributed by atoms with Crippen LogP contribution in [-0.2, 0) is 0 Å². The van der Waals surface area contributed by atoms with E-state index in [9.17, 15) is 4.79 Å². The lowest BCUT2D eigenvalue weighted by atomic mass is 10.0. The Morgan fingerprint density at radius 1 is 1.44 bits per heavy atom. The maximum absolute atomic E-state index is 12.0. The molecule has 0 aliphatic carbocycles. The van der Waals surface area contributed by atoms with Gasteiger partial charge in [0.25, 0.3) is 5.91 Å². The van der Waals surface area contributed by atoms with Gasteiger partial charge >= 0.3 is 0 Å². The first kappa shape index (κ1) is 17.4. The summed E-state index contributed by atoms with van der Waals surface area (Å²) in [5.41, 5.74) is 5.97. The van der Waals surface area contributed by atoms with Gasteiger partial charge in [-0.1, -0.05) is 13.8 Å². The van der Waals surface area contributed by atoms with Crippen LogP contribution in [0, 0.1) is 12.8 Å². The van der Waals surface area contributed by atoms with E-state index in [1.165, 1.54) is 4.88 Å². The fourth-order valence-electron chi connectivity index (χ4n) is 1.52. The minimum atomic E-state index is 0. The third-order valence-electron chi connectivity index (χ3n) is 2.95. The zero-order valence-corrected chi connectivity index (χ0v) is 13.1. The molecule has 18 heavy (non-hydrogen) atoms. The van der Waals surface area contributed by atoms with E-state index >= 15 is 0 Å². The number of hydrogen-bond donors (Lipinski definition) is 1. The topological polar surface area (TPSA) is 46.3 Å². The van der Waals surface area contributed by atoms with Crippen molar-refractivity contribution >= 4 is 29.7 Å². The minimum Gasteiger partial charge on any atom is -0.341 e. The Bertz CT molecular complexity index is 379. The quantitative estimate of drug-likeness (QED) is 0.906. The van der Waals surface area contributed by atoms with Gasteiger partial charge in [0, 0.05) is 24.5 Å². The number of thiophene rings is 1. The first-order valence-electron chi connectivity index (χ1n) is 5.99. The number of amides is 1. The van der Waals surface area contributed by atoms with E-state index in [0.29, 0.717) is 5.92 Å². The lowest BCUT2D eigenvalue weighted by molar-refractivity contribution is 0.0794. The summed E-state index contributed by atoms with van der Waals surface area (Å²) in [6, 6.07) is 4.03. The summed E-state index contributed by atoms with van der Waals surface area (Å²) in [6.45, 7) is 6.94. The summed E-state index contributed by atoms with van der Waals surface area (Å²) >= 11 is 1.54. The number of nitrogens with two attached hydrogens (primary N) is 1. The van der Waals surface area contributed by atoms with Gasteiger partial charge in [-0.25, -0.2) is 0 Å². The minimum absolute atomic E-state index is 0. The number of carbonyl (C=O) groups excluding carboxylic acids is 1. The number of carbonyl (C=O) groups is 1. The molecule has 0 saturated carbocycles. The number of aryl methyl sites for hydroxylation is 1. The van der Waals surface area contributed by atoms with Gasteiger partial charge in [0.15, 0.2) is 0 Å². The predicted molar refractivity (Wildman–Crippen MR) is 80.7 cm³/mol. The van der Waals surface area contributed by atoms with E-state index in [1.807, 2.05) is 26.1 Å². The standard InChI is InChI=1S/C13H22N2OS.ClH/c1-9(2)11(14)7-8-15(4)13(16)12-6-5-10(3)17-12;/h5-6,9,11H,7-8,14H2,1-4H3;1H. The Labute approximate surface area is 120 Å². The number of hydrogen-bond acceptors (Lipinski definition) is 3. The first-order valence-corrected chi connectivity index (χ1v) is 6.81. The van der Waals surface area contributed by atoms with E-state index in [4.69, 9.17) is 5.73 Å². The van der Waals surface area contributed by atoms with Gasteiger partial charge in [-0.15, -0.1) is 23.7 Å². The fraction of sp³-hybridized carbons (Fsp3) is 0.615. The molecular formula is C13H23ClN2OS. The molecule has 3 nitrogen and oxygen atoms in total. The van der Waals surface area contributed by atoms with E-state index in [0.717, 1.165) is 17.8 Å². The highest BCUT2D eigenvalue weighted by Crippen LogP contribution is 2.17. The normalized spacial score (nSPS) is 12.1. The molecule has 1 unspecified atom stereocenters. The molecule has 1 aromatic rings. The van der Waals surface area contributed by atoms with Crippen LogP contribution in [0.25, 0.3) is 0 Å². The van der Waals surface area contributed by atoms with Crippen molar-refractivity contribution < 1.29 is 4.79 Å². The molecule has 0 aliphatic heterocycles. The largest absolute Gasteiger partial charge is 0.341 e. The zero-order valence-electron chi connectivity index (χ0n) is 11.5. The Hall–Kier alpha value is -0.580. The van der Waals surface area contributed by atoms with Crippen molar-refractivity contribution in [1.29, 1.82) is 0 Å². The molecule has 0 radical (unpaired) electrons. The van der Waals surface area contributed by atoms with E-state index < -0.39 is 0 Å². The van der Waals surface area contributed by atoms with Crippen molar-refractivity contribution in [2.24, 2.45) is 11.7 Å². The molecular weight excluding hydrogens is 268 g/mol. The summed E-state index contributed by atoms with van der Waals surface area (Å²) in [4.78, 5) is 15.8. The second-order valence-electron chi connectivity index (χ2n) is 4.83. The highest BCUT2D eigenvalue weighted by molar-refractivity contribution is 7.13. The Morgan fingerprint density at radius 3 is 2.50 bits per heavy atom. The van der Waals surface area contributed by atoms with Crippen molar-refractivity contribution in [3.8, 4) is 0 Å². The van der Waals surface area contributed by atoms with Crippen molar-refractivity contribution in [1.82, 2.24) is 4.90 Å². The predicted octanol–water partition coefficient (Wildman–Crippen LogP) is 2.92. The van der Waals surface area contributed by atoms with Crippen LogP contribution in [0.3, 0.4) is 0 Å². The van der Waals surface area contributed by atoms with Gasteiger partial charge in [-0.05, 0) is 31.4 Å². The summed E-state index contributed by atoms with van der Waals surface area (Å²) < 4.78 is 0. The molecule has 2 N–H and O–H groups in total. The molecule has 0 aromatic carbocycles. The maximum Gasteiger partial charge on any atom is 0.263 e. The second-order valence-corrected chi connectivity index (χ2v) is 6.12. The van der Waals surface area contributed by atoms with Crippen LogP contribution in [-0.4, -0.2) is 30.4 Å². The smallest absolute Gasteiger partial charge is 0.263 e. The van der Waals surface area contributed by atoms with E-state index in [2.05, 4.69) is 13.8 Å². The van der Waals surface area contributed by atoms with Gasteiger partial charge < -0.3 is 10.6 Å². The third kappa shape index (κ3) is 4.96. The molecule has 1 aromatic heterocycles. The monoisotopic (exact) mass is 290 g/mol. The van der Waals surface area contributed by atoms with Crippen LogP contribution < -0.4 is 5.73 Å². The van der Waals surface area contributed by atoms with Crippen molar-refractivity contribution in [2.45, 2.75) is 33.2 Å². The molecule has 1 heterocycles. The molecule has 0 fully saturated rings. The lowest BCUT2D eigenvalue weighted by Gasteiger charge is -2.21. The van der Waals surface area contributed by atoms with Crippen LogP contribution in [0.5, 0.6) is 0 Å². The molecule has 1 atom stereocenters. The average molecular weight is 291 g/mol. The maximum atomic E-state index is 12.0. The van der Waals surface area contributed by atoms with Crippen molar-refractivity contribution in [3.63, 3.8) is 0 Å². The molecule has 0 bridgehead atoms.